The summed E-state index contributed by atoms with van der Waals surface area (Å²) in [5.41, 5.74) is 5.04. The number of benzene rings is 2. The fraction of sp³-hybridized carbons (Fsp3) is 0.333. The van der Waals surface area contributed by atoms with Crippen molar-refractivity contribution in [2.75, 3.05) is 0 Å². The van der Waals surface area contributed by atoms with E-state index in [2.05, 4.69) is 19.9 Å². The summed E-state index contributed by atoms with van der Waals surface area (Å²) < 4.78 is 0. The van der Waals surface area contributed by atoms with Gasteiger partial charge in [-0.25, -0.2) is 0 Å². The van der Waals surface area contributed by atoms with Gasteiger partial charge in [0.1, 0.15) is 0 Å². The number of hydrogen-bond acceptors (Lipinski definition) is 2. The molecule has 0 aliphatic rings. The van der Waals surface area contributed by atoms with Crippen LogP contribution >= 0.6 is 0 Å². The summed E-state index contributed by atoms with van der Waals surface area (Å²) in [6.07, 6.45) is 2.58. The van der Waals surface area contributed by atoms with E-state index in [4.69, 9.17) is 0 Å². The van der Waals surface area contributed by atoms with E-state index < -0.39 is 0 Å². The second-order valence-electron chi connectivity index (χ2n) is 4.97. The van der Waals surface area contributed by atoms with Crippen molar-refractivity contribution in [3.63, 3.8) is 0 Å². The third-order valence-electron chi connectivity index (χ3n) is 3.91. The summed E-state index contributed by atoms with van der Waals surface area (Å²) in [4.78, 5) is 0. The molecule has 0 spiro atoms. The predicted molar refractivity (Wildman–Crippen MR) is 83.3 cm³/mol. The van der Waals surface area contributed by atoms with Gasteiger partial charge in [0.2, 0.25) is 0 Å². The van der Waals surface area contributed by atoms with Gasteiger partial charge in [-0.3, -0.25) is 0 Å². The van der Waals surface area contributed by atoms with Crippen LogP contribution in [-0.2, 0) is 19.3 Å². The molecule has 106 valence electrons. The van der Waals surface area contributed by atoms with Crippen molar-refractivity contribution >= 4 is 0 Å². The average molecular weight is 270 g/mol. The Bertz CT molecular complexity index is 615. The van der Waals surface area contributed by atoms with Gasteiger partial charge in [-0.1, -0.05) is 51.1 Å². The first-order valence-electron chi connectivity index (χ1n) is 7.28. The van der Waals surface area contributed by atoms with E-state index in [0.29, 0.717) is 12.0 Å². The molecule has 0 saturated carbocycles. The Morgan fingerprint density at radius 3 is 2.00 bits per heavy atom. The van der Waals surface area contributed by atoms with Gasteiger partial charge < -0.3 is 10.2 Å². The Hall–Kier alpha value is -1.96. The predicted octanol–water partition coefficient (Wildman–Crippen LogP) is 4.45. The first kappa shape index (κ1) is 14.4. The minimum Gasteiger partial charge on any atom is -0.504 e. The van der Waals surface area contributed by atoms with Crippen LogP contribution in [0.15, 0.2) is 30.3 Å². The number of aromatic hydroxyl groups is 2. The molecule has 2 aromatic rings. The molecule has 0 atom stereocenters. The maximum absolute atomic E-state index is 10.3. The van der Waals surface area contributed by atoms with Crippen LogP contribution in [0.5, 0.6) is 11.5 Å². The maximum Gasteiger partial charge on any atom is 0.165 e. The lowest BCUT2D eigenvalue weighted by atomic mass is 9.91. The minimum absolute atomic E-state index is 0.00713. The Kier molecular flexibility index (Phi) is 4.33. The largest absolute Gasteiger partial charge is 0.504 e. The molecule has 2 nitrogen and oxygen atoms in total. The standard InChI is InChI=1S/C18H22O2/c1-4-12-8-7-9-15(14(12)6-3)16-11-10-13(5-2)17(19)18(16)20/h7-11,19-20H,4-6H2,1-3H3. The van der Waals surface area contributed by atoms with Crippen molar-refractivity contribution in [2.24, 2.45) is 0 Å². The fourth-order valence-electron chi connectivity index (χ4n) is 2.76. The van der Waals surface area contributed by atoms with E-state index in [1.807, 2.05) is 31.2 Å². The summed E-state index contributed by atoms with van der Waals surface area (Å²) >= 11 is 0. The highest BCUT2D eigenvalue weighted by Gasteiger charge is 2.15. The molecular weight excluding hydrogens is 248 g/mol. The van der Waals surface area contributed by atoms with E-state index >= 15 is 0 Å². The van der Waals surface area contributed by atoms with Gasteiger partial charge in [0.25, 0.3) is 0 Å². The number of phenolic OH excluding ortho intramolecular Hbond substituents is 2. The summed E-state index contributed by atoms with van der Waals surface area (Å²) in [5, 5.41) is 20.4. The van der Waals surface area contributed by atoms with E-state index in [-0.39, 0.29) is 11.5 Å². The number of aryl methyl sites for hydroxylation is 2. The third-order valence-corrected chi connectivity index (χ3v) is 3.91. The van der Waals surface area contributed by atoms with E-state index in [1.54, 1.807) is 0 Å². The van der Waals surface area contributed by atoms with E-state index in [1.165, 1.54) is 11.1 Å². The molecule has 0 radical (unpaired) electrons. The molecule has 0 aromatic heterocycles. The van der Waals surface area contributed by atoms with Crippen LogP contribution in [0.1, 0.15) is 37.5 Å². The van der Waals surface area contributed by atoms with Crippen LogP contribution in [0.2, 0.25) is 0 Å². The Labute approximate surface area is 120 Å². The lowest BCUT2D eigenvalue weighted by molar-refractivity contribution is 0.401. The summed E-state index contributed by atoms with van der Waals surface area (Å²) in [6.45, 7) is 6.22. The molecule has 0 aliphatic heterocycles. The summed E-state index contributed by atoms with van der Waals surface area (Å²) in [7, 11) is 0. The normalized spacial score (nSPS) is 10.8. The monoisotopic (exact) mass is 270 g/mol. The SMILES string of the molecule is CCc1ccc(-c2cccc(CC)c2CC)c(O)c1O. The molecule has 0 bridgehead atoms. The summed E-state index contributed by atoms with van der Waals surface area (Å²) in [5.74, 6) is 0.00116. The van der Waals surface area contributed by atoms with E-state index in [9.17, 15) is 10.2 Å². The Morgan fingerprint density at radius 2 is 1.40 bits per heavy atom. The molecule has 2 N–H and O–H groups in total. The molecule has 20 heavy (non-hydrogen) atoms. The molecule has 0 heterocycles. The van der Waals surface area contributed by atoms with Gasteiger partial charge in [0, 0.05) is 5.56 Å². The lowest BCUT2D eigenvalue weighted by Gasteiger charge is -2.15. The molecule has 0 amide bonds. The topological polar surface area (TPSA) is 40.5 Å². The molecule has 0 saturated heterocycles. The highest BCUT2D eigenvalue weighted by Crippen LogP contribution is 2.41. The first-order valence-corrected chi connectivity index (χ1v) is 7.28. The average Bonchev–Trinajstić information content (AvgIpc) is 2.49. The quantitative estimate of drug-likeness (QED) is 0.806. The van der Waals surface area contributed by atoms with Crippen LogP contribution in [-0.4, -0.2) is 10.2 Å². The molecular formula is C18H22O2. The summed E-state index contributed by atoms with van der Waals surface area (Å²) in [6, 6.07) is 9.94. The fourth-order valence-corrected chi connectivity index (χ4v) is 2.76. The van der Waals surface area contributed by atoms with Gasteiger partial charge in [-0.2, -0.15) is 0 Å². The molecule has 2 aromatic carbocycles. The molecule has 0 aliphatic carbocycles. The van der Waals surface area contributed by atoms with E-state index in [0.717, 1.165) is 24.0 Å². The smallest absolute Gasteiger partial charge is 0.165 e. The number of rotatable bonds is 4. The van der Waals surface area contributed by atoms with Crippen LogP contribution in [0, 0.1) is 0 Å². The lowest BCUT2D eigenvalue weighted by Crippen LogP contribution is -1.95. The Morgan fingerprint density at radius 1 is 0.700 bits per heavy atom. The van der Waals surface area contributed by atoms with Gasteiger partial charge in [-0.05, 0) is 41.5 Å². The second kappa shape index (κ2) is 6.00. The second-order valence-corrected chi connectivity index (χ2v) is 4.97. The Balaban J connectivity index is 2.66. The molecule has 0 fully saturated rings. The van der Waals surface area contributed by atoms with Crippen molar-refractivity contribution < 1.29 is 10.2 Å². The van der Waals surface area contributed by atoms with Gasteiger partial charge in [0.15, 0.2) is 11.5 Å². The number of phenols is 2. The van der Waals surface area contributed by atoms with Gasteiger partial charge in [0.05, 0.1) is 0 Å². The van der Waals surface area contributed by atoms with Crippen LogP contribution in [0.3, 0.4) is 0 Å². The molecule has 2 rings (SSSR count). The van der Waals surface area contributed by atoms with Gasteiger partial charge >= 0.3 is 0 Å². The van der Waals surface area contributed by atoms with Crippen LogP contribution in [0.25, 0.3) is 11.1 Å². The van der Waals surface area contributed by atoms with Crippen LogP contribution in [0.4, 0.5) is 0 Å². The zero-order valence-electron chi connectivity index (χ0n) is 12.4. The van der Waals surface area contributed by atoms with Crippen LogP contribution < -0.4 is 0 Å². The highest BCUT2D eigenvalue weighted by molar-refractivity contribution is 5.77. The van der Waals surface area contributed by atoms with Crippen molar-refractivity contribution in [2.45, 2.75) is 40.0 Å². The van der Waals surface area contributed by atoms with Crippen molar-refractivity contribution in [3.05, 3.63) is 47.0 Å². The minimum atomic E-state index is -0.00713. The zero-order valence-corrected chi connectivity index (χ0v) is 12.4. The molecule has 0 unspecified atom stereocenters. The van der Waals surface area contributed by atoms with Crippen molar-refractivity contribution in [1.29, 1.82) is 0 Å². The van der Waals surface area contributed by atoms with Crippen molar-refractivity contribution in [3.8, 4) is 22.6 Å². The maximum atomic E-state index is 10.3. The molecule has 2 heteroatoms. The zero-order chi connectivity index (χ0) is 14.7. The number of hydrogen-bond donors (Lipinski definition) is 2. The van der Waals surface area contributed by atoms with Crippen molar-refractivity contribution in [1.82, 2.24) is 0 Å². The van der Waals surface area contributed by atoms with Gasteiger partial charge in [-0.15, -0.1) is 0 Å². The highest BCUT2D eigenvalue weighted by atomic mass is 16.3. The first-order chi connectivity index (χ1) is 9.63. The third kappa shape index (κ3) is 2.38.